The van der Waals surface area contributed by atoms with Crippen molar-refractivity contribution in [3.8, 4) is 0 Å². The van der Waals surface area contributed by atoms with Crippen LogP contribution in [0.1, 0.15) is 41.8 Å². The normalized spacial score (nSPS) is 17.6. The standard InChI is InChI=1S/C24H30N2/c1-5-25-16-22-21-12-8-10-18(3)24(21)26(23(22)15-19(25)4)14-13-20-11-7-6-9-17(20)2/h6-12,19H,5,13-16H2,1-4H3. The first-order valence-corrected chi connectivity index (χ1v) is 9.98. The van der Waals surface area contributed by atoms with Gasteiger partial charge in [-0.15, -0.1) is 0 Å². The molecule has 0 N–H and O–H groups in total. The van der Waals surface area contributed by atoms with Crippen molar-refractivity contribution < 1.29 is 0 Å². The molecule has 4 rings (SSSR count). The van der Waals surface area contributed by atoms with Gasteiger partial charge in [0.1, 0.15) is 0 Å². The molecule has 2 aromatic carbocycles. The molecule has 0 amide bonds. The van der Waals surface area contributed by atoms with E-state index in [0.29, 0.717) is 6.04 Å². The fourth-order valence-corrected chi connectivity index (χ4v) is 4.68. The van der Waals surface area contributed by atoms with Crippen LogP contribution in [0.3, 0.4) is 0 Å². The molecular weight excluding hydrogens is 316 g/mol. The lowest BCUT2D eigenvalue weighted by atomic mass is 9.99. The lowest BCUT2D eigenvalue weighted by molar-refractivity contribution is 0.192. The molecule has 0 spiro atoms. The van der Waals surface area contributed by atoms with E-state index in [-0.39, 0.29) is 0 Å². The maximum absolute atomic E-state index is 2.63. The number of para-hydroxylation sites is 1. The van der Waals surface area contributed by atoms with Gasteiger partial charge in [-0.25, -0.2) is 0 Å². The van der Waals surface area contributed by atoms with Gasteiger partial charge in [0, 0.05) is 36.6 Å². The monoisotopic (exact) mass is 346 g/mol. The van der Waals surface area contributed by atoms with E-state index >= 15 is 0 Å². The number of likely N-dealkylation sites (N-methyl/N-ethyl adjacent to an activating group) is 1. The summed E-state index contributed by atoms with van der Waals surface area (Å²) in [6.45, 7) is 12.4. The van der Waals surface area contributed by atoms with Gasteiger partial charge in [-0.1, -0.05) is 49.4 Å². The van der Waals surface area contributed by atoms with Crippen LogP contribution in [0.4, 0.5) is 0 Å². The predicted octanol–water partition coefficient (Wildman–Crippen LogP) is 5.27. The van der Waals surface area contributed by atoms with Gasteiger partial charge >= 0.3 is 0 Å². The van der Waals surface area contributed by atoms with Crippen LogP contribution in [-0.2, 0) is 25.9 Å². The summed E-state index contributed by atoms with van der Waals surface area (Å²) >= 11 is 0. The number of rotatable bonds is 4. The SMILES string of the molecule is CCN1Cc2c(n(CCc3ccccc3C)c3c(C)cccc23)CC1C. The summed E-state index contributed by atoms with van der Waals surface area (Å²) in [5, 5.41) is 1.47. The second-order valence-corrected chi connectivity index (χ2v) is 7.84. The minimum Gasteiger partial charge on any atom is -0.344 e. The highest BCUT2D eigenvalue weighted by Crippen LogP contribution is 2.34. The predicted molar refractivity (Wildman–Crippen MR) is 111 cm³/mol. The smallest absolute Gasteiger partial charge is 0.0515 e. The van der Waals surface area contributed by atoms with E-state index in [2.05, 4.69) is 79.6 Å². The Labute approximate surface area is 157 Å². The van der Waals surface area contributed by atoms with Crippen molar-refractivity contribution in [1.82, 2.24) is 9.47 Å². The van der Waals surface area contributed by atoms with Crippen molar-refractivity contribution >= 4 is 10.9 Å². The molecule has 1 unspecified atom stereocenters. The van der Waals surface area contributed by atoms with Crippen LogP contribution in [0.15, 0.2) is 42.5 Å². The number of hydrogen-bond acceptors (Lipinski definition) is 1. The van der Waals surface area contributed by atoms with Crippen LogP contribution in [0.5, 0.6) is 0 Å². The first kappa shape index (κ1) is 17.4. The summed E-state index contributed by atoms with van der Waals surface area (Å²) in [4.78, 5) is 2.61. The quantitative estimate of drug-likeness (QED) is 0.625. The zero-order valence-corrected chi connectivity index (χ0v) is 16.5. The molecule has 0 aliphatic carbocycles. The maximum atomic E-state index is 2.63. The number of hydrogen-bond donors (Lipinski definition) is 0. The number of nitrogens with zero attached hydrogens (tertiary/aromatic N) is 2. The van der Waals surface area contributed by atoms with Gasteiger partial charge in [0.15, 0.2) is 0 Å². The lowest BCUT2D eigenvalue weighted by Crippen LogP contribution is -2.38. The number of fused-ring (bicyclic) bond motifs is 3. The fourth-order valence-electron chi connectivity index (χ4n) is 4.68. The lowest BCUT2D eigenvalue weighted by Gasteiger charge is -2.33. The molecule has 1 aliphatic rings. The topological polar surface area (TPSA) is 8.17 Å². The molecule has 2 heteroatoms. The molecule has 1 aromatic heterocycles. The Kier molecular flexibility index (Phi) is 4.62. The second kappa shape index (κ2) is 6.92. The zero-order valence-electron chi connectivity index (χ0n) is 16.5. The maximum Gasteiger partial charge on any atom is 0.0515 e. The number of benzene rings is 2. The third-order valence-corrected chi connectivity index (χ3v) is 6.25. The molecule has 0 radical (unpaired) electrons. The molecule has 1 atom stereocenters. The Bertz CT molecular complexity index is 935. The average Bonchev–Trinajstić information content (AvgIpc) is 2.94. The van der Waals surface area contributed by atoms with E-state index in [0.717, 1.165) is 32.5 Å². The van der Waals surface area contributed by atoms with Gasteiger partial charge in [0.2, 0.25) is 0 Å². The summed E-state index contributed by atoms with van der Waals surface area (Å²) in [5.41, 5.74) is 8.86. The molecule has 1 aliphatic heterocycles. The molecule has 2 nitrogen and oxygen atoms in total. The number of aryl methyl sites for hydroxylation is 4. The third-order valence-electron chi connectivity index (χ3n) is 6.25. The van der Waals surface area contributed by atoms with Gasteiger partial charge in [0.05, 0.1) is 5.52 Å². The van der Waals surface area contributed by atoms with Crippen molar-refractivity contribution in [1.29, 1.82) is 0 Å². The first-order chi connectivity index (χ1) is 12.6. The Morgan fingerprint density at radius 1 is 1.00 bits per heavy atom. The van der Waals surface area contributed by atoms with Crippen molar-refractivity contribution in [2.45, 2.75) is 59.7 Å². The number of aromatic nitrogens is 1. The second-order valence-electron chi connectivity index (χ2n) is 7.84. The van der Waals surface area contributed by atoms with Crippen LogP contribution < -0.4 is 0 Å². The van der Waals surface area contributed by atoms with Gasteiger partial charge in [-0.05, 0) is 56.0 Å². The van der Waals surface area contributed by atoms with E-state index in [9.17, 15) is 0 Å². The van der Waals surface area contributed by atoms with Crippen molar-refractivity contribution in [2.75, 3.05) is 6.54 Å². The van der Waals surface area contributed by atoms with Crippen LogP contribution in [0, 0.1) is 13.8 Å². The minimum absolute atomic E-state index is 0.620. The molecule has 136 valence electrons. The highest BCUT2D eigenvalue weighted by Gasteiger charge is 2.28. The van der Waals surface area contributed by atoms with Gasteiger partial charge in [-0.3, -0.25) is 4.90 Å². The van der Waals surface area contributed by atoms with Gasteiger partial charge < -0.3 is 4.57 Å². The van der Waals surface area contributed by atoms with E-state index in [1.165, 1.54) is 27.6 Å². The Morgan fingerprint density at radius 2 is 1.77 bits per heavy atom. The summed E-state index contributed by atoms with van der Waals surface area (Å²) in [6, 6.07) is 16.2. The zero-order chi connectivity index (χ0) is 18.3. The summed E-state index contributed by atoms with van der Waals surface area (Å²) < 4.78 is 2.63. The minimum atomic E-state index is 0.620. The van der Waals surface area contributed by atoms with E-state index in [4.69, 9.17) is 0 Å². The third kappa shape index (κ3) is 2.87. The highest BCUT2D eigenvalue weighted by atomic mass is 15.2. The molecule has 2 heterocycles. The molecule has 0 fully saturated rings. The van der Waals surface area contributed by atoms with E-state index < -0.39 is 0 Å². The summed E-state index contributed by atoms with van der Waals surface area (Å²) in [7, 11) is 0. The molecular formula is C24H30N2. The largest absolute Gasteiger partial charge is 0.344 e. The van der Waals surface area contributed by atoms with Crippen LogP contribution in [-0.4, -0.2) is 22.1 Å². The molecule has 0 saturated heterocycles. The van der Waals surface area contributed by atoms with Crippen LogP contribution >= 0.6 is 0 Å². The highest BCUT2D eigenvalue weighted by molar-refractivity contribution is 5.88. The van der Waals surface area contributed by atoms with Crippen LogP contribution in [0.25, 0.3) is 10.9 Å². The Hall–Kier alpha value is -2.06. The molecule has 3 aromatic rings. The fraction of sp³-hybridized carbons (Fsp3) is 0.417. The molecule has 26 heavy (non-hydrogen) atoms. The van der Waals surface area contributed by atoms with E-state index in [1.54, 1.807) is 11.3 Å². The average molecular weight is 347 g/mol. The summed E-state index contributed by atoms with van der Waals surface area (Å²) in [6.07, 6.45) is 2.26. The van der Waals surface area contributed by atoms with Gasteiger partial charge in [-0.2, -0.15) is 0 Å². The molecule has 0 saturated carbocycles. The van der Waals surface area contributed by atoms with Crippen molar-refractivity contribution in [3.63, 3.8) is 0 Å². The Morgan fingerprint density at radius 3 is 2.54 bits per heavy atom. The Balaban J connectivity index is 1.79. The summed E-state index contributed by atoms with van der Waals surface area (Å²) in [5.74, 6) is 0. The van der Waals surface area contributed by atoms with Crippen molar-refractivity contribution in [2.24, 2.45) is 0 Å². The van der Waals surface area contributed by atoms with Crippen LogP contribution in [0.2, 0.25) is 0 Å². The molecule has 0 bridgehead atoms. The van der Waals surface area contributed by atoms with Crippen molar-refractivity contribution in [3.05, 3.63) is 70.4 Å². The van der Waals surface area contributed by atoms with E-state index in [1.807, 2.05) is 0 Å². The first-order valence-electron chi connectivity index (χ1n) is 9.98. The van der Waals surface area contributed by atoms with Gasteiger partial charge in [0.25, 0.3) is 0 Å².